The van der Waals surface area contributed by atoms with Crippen molar-refractivity contribution in [2.75, 3.05) is 0 Å². The van der Waals surface area contributed by atoms with Crippen molar-refractivity contribution in [1.29, 1.82) is 0 Å². The van der Waals surface area contributed by atoms with E-state index in [9.17, 15) is 4.79 Å². The minimum atomic E-state index is 0.0848. The lowest BCUT2D eigenvalue weighted by atomic mass is 10.2. The molecule has 0 aliphatic carbocycles. The van der Waals surface area contributed by atoms with Crippen molar-refractivity contribution >= 4 is 5.91 Å². The van der Waals surface area contributed by atoms with Crippen LogP contribution in [0.1, 0.15) is 38.2 Å². The molecule has 1 aromatic carbocycles. The fourth-order valence-electron chi connectivity index (χ4n) is 1.50. The van der Waals surface area contributed by atoms with Crippen LogP contribution in [-0.2, 0) is 11.3 Å². The van der Waals surface area contributed by atoms with Crippen LogP contribution < -0.4 is 5.32 Å². The van der Waals surface area contributed by atoms with Gasteiger partial charge in [0.05, 0.1) is 0 Å². The van der Waals surface area contributed by atoms with Gasteiger partial charge in [0, 0.05) is 13.0 Å². The van der Waals surface area contributed by atoms with Crippen LogP contribution in [0.3, 0.4) is 0 Å². The molecule has 2 heteroatoms. The van der Waals surface area contributed by atoms with Crippen LogP contribution in [0, 0.1) is 0 Å². The molecule has 0 aliphatic heterocycles. The predicted molar refractivity (Wildman–Crippen MR) is 71.6 cm³/mol. The van der Waals surface area contributed by atoms with Crippen molar-refractivity contribution in [3.05, 3.63) is 48.0 Å². The number of carbonyl (C=O) groups excluding carboxylic acids is 1. The summed E-state index contributed by atoms with van der Waals surface area (Å²) in [5.41, 5.74) is 1.14. The molecule has 0 aliphatic rings. The van der Waals surface area contributed by atoms with Gasteiger partial charge in [0.2, 0.25) is 5.91 Å². The Morgan fingerprint density at radius 3 is 2.71 bits per heavy atom. The van der Waals surface area contributed by atoms with Gasteiger partial charge in [-0.05, 0) is 12.0 Å². The second-order valence-electron chi connectivity index (χ2n) is 4.08. The number of carbonyl (C=O) groups is 1. The van der Waals surface area contributed by atoms with Gasteiger partial charge in [-0.25, -0.2) is 0 Å². The number of benzene rings is 1. The summed E-state index contributed by atoms with van der Waals surface area (Å²) in [4.78, 5) is 11.5. The van der Waals surface area contributed by atoms with Gasteiger partial charge in [-0.3, -0.25) is 4.79 Å². The fraction of sp³-hybridized carbons (Fsp3) is 0.400. The standard InChI is InChI=1S/C15H21NO/c1-2-3-4-5-9-12-15(17)16-13-14-10-7-6-8-11-14/h5-11H,2-4,12-13H2,1H3,(H,16,17)/b9-5+. The van der Waals surface area contributed by atoms with E-state index in [4.69, 9.17) is 0 Å². The van der Waals surface area contributed by atoms with E-state index < -0.39 is 0 Å². The molecule has 0 spiro atoms. The normalized spacial score (nSPS) is 10.6. The van der Waals surface area contributed by atoms with Crippen molar-refractivity contribution in [3.8, 4) is 0 Å². The number of amides is 1. The zero-order chi connectivity index (χ0) is 12.3. The van der Waals surface area contributed by atoms with Crippen molar-refractivity contribution in [2.24, 2.45) is 0 Å². The monoisotopic (exact) mass is 231 g/mol. The Hall–Kier alpha value is -1.57. The number of hydrogen-bond acceptors (Lipinski definition) is 1. The molecule has 2 nitrogen and oxygen atoms in total. The van der Waals surface area contributed by atoms with Crippen molar-refractivity contribution < 1.29 is 4.79 Å². The molecule has 0 radical (unpaired) electrons. The number of allylic oxidation sites excluding steroid dienone is 1. The highest BCUT2D eigenvalue weighted by molar-refractivity contribution is 5.77. The number of unbranched alkanes of at least 4 members (excludes halogenated alkanes) is 2. The molecule has 92 valence electrons. The summed E-state index contributed by atoms with van der Waals surface area (Å²) < 4.78 is 0. The molecule has 0 bridgehead atoms. The largest absolute Gasteiger partial charge is 0.352 e. The molecule has 0 heterocycles. The summed E-state index contributed by atoms with van der Waals surface area (Å²) in [6.45, 7) is 2.78. The predicted octanol–water partition coefficient (Wildman–Crippen LogP) is 3.44. The van der Waals surface area contributed by atoms with Gasteiger partial charge in [0.25, 0.3) is 0 Å². The van der Waals surface area contributed by atoms with Crippen molar-refractivity contribution in [3.63, 3.8) is 0 Å². The van der Waals surface area contributed by atoms with Crippen LogP contribution in [0.4, 0.5) is 0 Å². The summed E-state index contributed by atoms with van der Waals surface area (Å²) in [6, 6.07) is 9.95. The average Bonchev–Trinajstić information content (AvgIpc) is 2.37. The Bertz CT molecular complexity index is 343. The van der Waals surface area contributed by atoms with Crippen LogP contribution in [0.25, 0.3) is 0 Å². The Morgan fingerprint density at radius 1 is 1.24 bits per heavy atom. The second kappa shape index (κ2) is 8.57. The summed E-state index contributed by atoms with van der Waals surface area (Å²) in [5, 5.41) is 2.90. The zero-order valence-electron chi connectivity index (χ0n) is 10.5. The van der Waals surface area contributed by atoms with Gasteiger partial charge < -0.3 is 5.32 Å². The molecule has 1 rings (SSSR count). The topological polar surface area (TPSA) is 29.1 Å². The molecule has 1 N–H and O–H groups in total. The second-order valence-corrected chi connectivity index (χ2v) is 4.08. The fourth-order valence-corrected chi connectivity index (χ4v) is 1.50. The SMILES string of the molecule is CCCC/C=C/CC(=O)NCc1ccccc1. The highest BCUT2D eigenvalue weighted by Crippen LogP contribution is 1.98. The van der Waals surface area contributed by atoms with E-state index in [0.717, 1.165) is 12.0 Å². The molecule has 0 atom stereocenters. The van der Waals surface area contributed by atoms with Gasteiger partial charge in [0.1, 0.15) is 0 Å². The van der Waals surface area contributed by atoms with E-state index in [1.807, 2.05) is 36.4 Å². The Morgan fingerprint density at radius 2 is 2.00 bits per heavy atom. The van der Waals surface area contributed by atoms with Gasteiger partial charge in [-0.2, -0.15) is 0 Å². The molecule has 0 saturated heterocycles. The minimum Gasteiger partial charge on any atom is -0.352 e. The minimum absolute atomic E-state index is 0.0848. The molecule has 0 fully saturated rings. The van der Waals surface area contributed by atoms with Gasteiger partial charge >= 0.3 is 0 Å². The third-order valence-corrected chi connectivity index (χ3v) is 2.53. The van der Waals surface area contributed by atoms with Crippen molar-refractivity contribution in [1.82, 2.24) is 5.32 Å². The highest BCUT2D eigenvalue weighted by Gasteiger charge is 1.97. The molecule has 0 saturated carbocycles. The number of rotatable bonds is 7. The van der Waals surface area contributed by atoms with Crippen LogP contribution in [0.2, 0.25) is 0 Å². The van der Waals surface area contributed by atoms with Gasteiger partial charge in [0.15, 0.2) is 0 Å². The lowest BCUT2D eigenvalue weighted by Crippen LogP contribution is -2.21. The Balaban J connectivity index is 2.15. The van der Waals surface area contributed by atoms with Crippen LogP contribution in [-0.4, -0.2) is 5.91 Å². The van der Waals surface area contributed by atoms with E-state index in [2.05, 4.69) is 18.3 Å². The molecule has 1 amide bonds. The van der Waals surface area contributed by atoms with E-state index in [-0.39, 0.29) is 5.91 Å². The third kappa shape index (κ3) is 6.56. The summed E-state index contributed by atoms with van der Waals surface area (Å²) >= 11 is 0. The first-order valence-electron chi connectivity index (χ1n) is 6.28. The molecular formula is C15H21NO. The highest BCUT2D eigenvalue weighted by atomic mass is 16.1. The average molecular weight is 231 g/mol. The quantitative estimate of drug-likeness (QED) is 0.565. The van der Waals surface area contributed by atoms with E-state index in [1.54, 1.807) is 0 Å². The molecule has 0 aromatic heterocycles. The third-order valence-electron chi connectivity index (χ3n) is 2.53. The molecule has 1 aromatic rings. The van der Waals surface area contributed by atoms with E-state index in [0.29, 0.717) is 13.0 Å². The van der Waals surface area contributed by atoms with Gasteiger partial charge in [-0.15, -0.1) is 0 Å². The first-order chi connectivity index (χ1) is 8.33. The smallest absolute Gasteiger partial charge is 0.224 e. The van der Waals surface area contributed by atoms with Crippen LogP contribution in [0.15, 0.2) is 42.5 Å². The maximum atomic E-state index is 11.5. The van der Waals surface area contributed by atoms with E-state index >= 15 is 0 Å². The number of nitrogens with one attached hydrogen (secondary N) is 1. The zero-order valence-corrected chi connectivity index (χ0v) is 10.5. The molecule has 0 unspecified atom stereocenters. The van der Waals surface area contributed by atoms with Gasteiger partial charge in [-0.1, -0.05) is 62.2 Å². The molecular weight excluding hydrogens is 210 g/mol. The van der Waals surface area contributed by atoms with Crippen molar-refractivity contribution in [2.45, 2.75) is 39.2 Å². The maximum Gasteiger partial charge on any atom is 0.224 e. The Kier molecular flexibility index (Phi) is 6.80. The summed E-state index contributed by atoms with van der Waals surface area (Å²) in [6.07, 6.45) is 7.99. The lowest BCUT2D eigenvalue weighted by molar-refractivity contribution is -0.120. The van der Waals surface area contributed by atoms with E-state index in [1.165, 1.54) is 12.8 Å². The Labute approximate surface area is 104 Å². The summed E-state index contributed by atoms with van der Waals surface area (Å²) in [5.74, 6) is 0.0848. The number of hydrogen-bond donors (Lipinski definition) is 1. The van der Waals surface area contributed by atoms with Crippen LogP contribution >= 0.6 is 0 Å². The first kappa shape index (κ1) is 13.5. The maximum absolute atomic E-state index is 11.5. The lowest BCUT2D eigenvalue weighted by Gasteiger charge is -2.03. The molecule has 17 heavy (non-hydrogen) atoms. The summed E-state index contributed by atoms with van der Waals surface area (Å²) in [7, 11) is 0. The van der Waals surface area contributed by atoms with Crippen LogP contribution in [0.5, 0.6) is 0 Å². The first-order valence-corrected chi connectivity index (χ1v) is 6.28.